The Hall–Kier alpha value is -2.98. The van der Waals surface area contributed by atoms with Crippen molar-refractivity contribution in [1.29, 1.82) is 0 Å². The zero-order valence-electron chi connectivity index (χ0n) is 13.5. The molecule has 1 N–H and O–H groups in total. The Balaban J connectivity index is 2.53. The second-order valence-corrected chi connectivity index (χ2v) is 5.35. The minimum absolute atomic E-state index is 0.0461. The molecule has 0 radical (unpaired) electrons. The van der Waals surface area contributed by atoms with Crippen LogP contribution < -0.4 is 10.2 Å². The second-order valence-electron chi connectivity index (χ2n) is 5.35. The number of nitrogens with zero attached hydrogens (tertiary/aromatic N) is 2. The van der Waals surface area contributed by atoms with Gasteiger partial charge in [0.2, 0.25) is 0 Å². The maximum Gasteiger partial charge on any atom is 0.434 e. The van der Waals surface area contributed by atoms with Crippen molar-refractivity contribution in [2.75, 3.05) is 0 Å². The lowest BCUT2D eigenvalue weighted by molar-refractivity contribution is -0.299. The molecule has 0 spiro atoms. The zero-order chi connectivity index (χ0) is 20.4. The molecule has 1 heterocycles. The van der Waals surface area contributed by atoms with Gasteiger partial charge in [0.15, 0.2) is 5.49 Å². The molecule has 0 fully saturated rings. The molecule has 0 aliphatic carbocycles. The Morgan fingerprint density at radius 3 is 2.26 bits per heavy atom. The average molecular weight is 394 g/mol. The van der Waals surface area contributed by atoms with Crippen LogP contribution in [0.5, 0.6) is 5.75 Å². The minimum atomic E-state index is -5.74. The van der Waals surface area contributed by atoms with Crippen molar-refractivity contribution in [1.82, 2.24) is 4.73 Å². The number of ether oxygens (including phenoxy) is 1. The van der Waals surface area contributed by atoms with Gasteiger partial charge in [0.25, 0.3) is 12.0 Å². The number of aromatic nitrogens is 1. The van der Waals surface area contributed by atoms with Crippen LogP contribution in [0.25, 0.3) is 0 Å². The number of aryl methyl sites for hydroxylation is 1. The van der Waals surface area contributed by atoms with Crippen LogP contribution in [0, 0.1) is 6.92 Å². The molecule has 2 aromatic rings. The van der Waals surface area contributed by atoms with E-state index in [2.05, 4.69) is 9.73 Å². The molecule has 0 saturated heterocycles. The summed E-state index contributed by atoms with van der Waals surface area (Å²) in [7, 11) is 0. The molecule has 0 saturated carbocycles. The van der Waals surface area contributed by atoms with Gasteiger partial charge in [-0.3, -0.25) is 4.79 Å². The van der Waals surface area contributed by atoms with E-state index in [1.807, 2.05) is 0 Å². The van der Waals surface area contributed by atoms with Gasteiger partial charge in [0.1, 0.15) is 5.75 Å². The van der Waals surface area contributed by atoms with E-state index in [9.17, 15) is 36.3 Å². The molecule has 1 amide bonds. The number of hydrogen-bond donors (Lipinski definition) is 1. The molecule has 5 nitrogen and oxygen atoms in total. The van der Waals surface area contributed by atoms with E-state index in [1.54, 1.807) is 0 Å². The number of pyridine rings is 1. The lowest BCUT2D eigenvalue weighted by Gasteiger charge is -2.25. The summed E-state index contributed by atoms with van der Waals surface area (Å²) in [6, 6.07) is 7.27. The van der Waals surface area contributed by atoms with Gasteiger partial charge in [-0.1, -0.05) is 18.2 Å². The van der Waals surface area contributed by atoms with E-state index in [-0.39, 0.29) is 11.1 Å². The predicted octanol–water partition coefficient (Wildman–Crippen LogP) is 3.65. The number of halogens is 6. The molecule has 0 unspecified atom stereocenters. The maximum absolute atomic E-state index is 12.7. The van der Waals surface area contributed by atoms with Gasteiger partial charge in [-0.05, 0) is 30.7 Å². The summed E-state index contributed by atoms with van der Waals surface area (Å²) in [5, 5.41) is 9.55. The summed E-state index contributed by atoms with van der Waals surface area (Å²) in [6.07, 6.45) is -14.5. The highest BCUT2D eigenvalue weighted by molar-refractivity contribution is 5.99. The summed E-state index contributed by atoms with van der Waals surface area (Å²) in [6.45, 7) is 1.30. The van der Waals surface area contributed by atoms with E-state index in [0.29, 0.717) is 4.73 Å². The van der Waals surface area contributed by atoms with Gasteiger partial charge < -0.3 is 9.94 Å². The highest BCUT2D eigenvalue weighted by Gasteiger charge is 2.59. The third kappa shape index (κ3) is 4.80. The second kappa shape index (κ2) is 7.33. The van der Waals surface area contributed by atoms with Crippen molar-refractivity contribution >= 4 is 5.91 Å². The number of amides is 1. The van der Waals surface area contributed by atoms with Crippen LogP contribution in [-0.4, -0.2) is 34.3 Å². The highest BCUT2D eigenvalue weighted by atomic mass is 19.4. The van der Waals surface area contributed by atoms with Crippen LogP contribution in [0.15, 0.2) is 47.6 Å². The molecular weight excluding hydrogens is 382 g/mol. The van der Waals surface area contributed by atoms with Crippen molar-refractivity contribution in [2.45, 2.75) is 25.4 Å². The Morgan fingerprint density at radius 2 is 1.70 bits per heavy atom. The first-order chi connectivity index (χ1) is 12.4. The smallest absolute Gasteiger partial charge is 0.434 e. The Labute approximate surface area is 148 Å². The van der Waals surface area contributed by atoms with Crippen molar-refractivity contribution in [2.24, 2.45) is 4.99 Å². The summed E-state index contributed by atoms with van der Waals surface area (Å²) in [5.74, 6) is -2.11. The Bertz CT molecular complexity index is 888. The third-order valence-corrected chi connectivity index (χ3v) is 3.32. The van der Waals surface area contributed by atoms with Crippen LogP contribution in [0.4, 0.5) is 26.3 Å². The molecule has 0 bridgehead atoms. The fourth-order valence-corrected chi connectivity index (χ4v) is 2.13. The standard InChI is InChI=1S/C16H12F6N2O3/c1-9-5-4-6-10(27-14(15(17,18)19)16(20,21)22)12(9)13(25)23-11-7-2-3-8-24(11)26/h2-8,14,26H,1H3. The monoisotopic (exact) mass is 394 g/mol. The van der Waals surface area contributed by atoms with E-state index in [0.717, 1.165) is 18.3 Å². The van der Waals surface area contributed by atoms with Crippen molar-refractivity contribution in [3.63, 3.8) is 0 Å². The van der Waals surface area contributed by atoms with E-state index < -0.39 is 35.7 Å². The van der Waals surface area contributed by atoms with Gasteiger partial charge in [0.05, 0.1) is 5.56 Å². The SMILES string of the molecule is Cc1cccc(OC(C(F)(F)F)C(F)(F)F)c1C(=O)N=c1ccccn1O. The fraction of sp³-hybridized carbons (Fsp3) is 0.250. The van der Waals surface area contributed by atoms with Crippen LogP contribution in [0.1, 0.15) is 15.9 Å². The quantitative estimate of drug-likeness (QED) is 0.639. The summed E-state index contributed by atoms with van der Waals surface area (Å²) in [5.41, 5.74) is -0.815. The van der Waals surface area contributed by atoms with Crippen LogP contribution in [0.2, 0.25) is 0 Å². The van der Waals surface area contributed by atoms with Gasteiger partial charge in [-0.25, -0.2) is 0 Å². The molecule has 11 heteroatoms. The predicted molar refractivity (Wildman–Crippen MR) is 79.2 cm³/mol. The van der Waals surface area contributed by atoms with Gasteiger partial charge >= 0.3 is 12.4 Å². The fourth-order valence-electron chi connectivity index (χ4n) is 2.13. The molecular formula is C16H12F6N2O3. The molecule has 0 aliphatic rings. The Kier molecular flexibility index (Phi) is 5.52. The van der Waals surface area contributed by atoms with Crippen LogP contribution in [0.3, 0.4) is 0 Å². The highest BCUT2D eigenvalue weighted by Crippen LogP contribution is 2.37. The van der Waals surface area contributed by atoms with Gasteiger partial charge in [-0.2, -0.15) is 36.1 Å². The zero-order valence-corrected chi connectivity index (χ0v) is 13.5. The van der Waals surface area contributed by atoms with Crippen molar-refractivity contribution < 1.29 is 41.1 Å². The summed E-state index contributed by atoms with van der Waals surface area (Å²) in [4.78, 5) is 15.9. The lowest BCUT2D eigenvalue weighted by atomic mass is 10.1. The molecule has 1 aromatic carbocycles. The van der Waals surface area contributed by atoms with Crippen LogP contribution in [-0.2, 0) is 0 Å². The first-order valence-corrected chi connectivity index (χ1v) is 7.27. The first kappa shape index (κ1) is 20.3. The molecule has 0 atom stereocenters. The van der Waals surface area contributed by atoms with Crippen molar-refractivity contribution in [3.8, 4) is 5.75 Å². The topological polar surface area (TPSA) is 63.8 Å². The van der Waals surface area contributed by atoms with E-state index in [1.165, 1.54) is 31.2 Å². The van der Waals surface area contributed by atoms with E-state index >= 15 is 0 Å². The van der Waals surface area contributed by atoms with Gasteiger partial charge in [-0.15, -0.1) is 0 Å². The third-order valence-electron chi connectivity index (χ3n) is 3.32. The number of alkyl halides is 6. The van der Waals surface area contributed by atoms with Gasteiger partial charge in [0, 0.05) is 6.20 Å². The summed E-state index contributed by atoms with van der Waals surface area (Å²) < 4.78 is 81.1. The minimum Gasteiger partial charge on any atom is -0.470 e. The number of carbonyl (C=O) groups is 1. The maximum atomic E-state index is 12.7. The number of carbonyl (C=O) groups excluding carboxylic acids is 1. The first-order valence-electron chi connectivity index (χ1n) is 7.27. The lowest BCUT2D eigenvalue weighted by Crippen LogP contribution is -2.46. The van der Waals surface area contributed by atoms with Crippen molar-refractivity contribution in [3.05, 3.63) is 59.2 Å². The molecule has 0 aliphatic heterocycles. The number of benzene rings is 1. The number of rotatable bonds is 3. The normalized spacial score (nSPS) is 13.1. The summed E-state index contributed by atoms with van der Waals surface area (Å²) >= 11 is 0. The molecule has 27 heavy (non-hydrogen) atoms. The van der Waals surface area contributed by atoms with E-state index in [4.69, 9.17) is 0 Å². The largest absolute Gasteiger partial charge is 0.470 e. The Morgan fingerprint density at radius 1 is 1.07 bits per heavy atom. The molecule has 2 rings (SSSR count). The molecule has 146 valence electrons. The average Bonchev–Trinajstić information content (AvgIpc) is 2.52. The van der Waals surface area contributed by atoms with Crippen LogP contribution >= 0.6 is 0 Å². The molecule has 1 aromatic heterocycles. The number of hydrogen-bond acceptors (Lipinski definition) is 3.